The van der Waals surface area contributed by atoms with Crippen LogP contribution in [-0.2, 0) is 18.5 Å². The maximum absolute atomic E-state index is 3.16. The molecule has 0 aromatic rings. The molecule has 1 aliphatic heterocycles. The van der Waals surface area contributed by atoms with E-state index in [1.807, 2.05) is 0 Å². The molecular weight excluding hydrogens is 194 g/mol. The number of nitrogens with one attached hydrogen (secondary N) is 2. The Morgan fingerprint density at radius 1 is 1.17 bits per heavy atom. The molecule has 6 heavy (non-hydrogen) atoms. The Morgan fingerprint density at radius 3 is 1.83 bits per heavy atom. The summed E-state index contributed by atoms with van der Waals surface area (Å²) in [6, 6.07) is 0. The second kappa shape index (κ2) is 4.04. The number of hydrogen-bond acceptors (Lipinski definition) is 2. The van der Waals surface area contributed by atoms with E-state index in [1.54, 1.807) is 0 Å². The van der Waals surface area contributed by atoms with E-state index in [-0.39, 0.29) is 12.4 Å². The first-order valence-electron chi connectivity index (χ1n) is 1.52. The summed E-state index contributed by atoms with van der Waals surface area (Å²) in [4.78, 5) is 0. The van der Waals surface area contributed by atoms with Gasteiger partial charge in [-0.25, -0.2) is 0 Å². The Bertz CT molecular complexity index is 23.1. The third-order valence-corrected chi connectivity index (χ3v) is 1.72. The van der Waals surface area contributed by atoms with Gasteiger partial charge in [-0.3, -0.25) is 0 Å². The van der Waals surface area contributed by atoms with Gasteiger partial charge in [-0.1, -0.05) is 0 Å². The second-order valence-corrected chi connectivity index (χ2v) is 2.29. The molecular formula is C2H7ClN2Pd. The van der Waals surface area contributed by atoms with Crippen LogP contribution in [0.5, 0.6) is 0 Å². The van der Waals surface area contributed by atoms with Crippen LogP contribution in [0.3, 0.4) is 0 Å². The van der Waals surface area contributed by atoms with Crippen molar-refractivity contribution in [3.63, 3.8) is 0 Å². The topological polar surface area (TPSA) is 24.1 Å². The first kappa shape index (κ1) is 6.87. The summed E-state index contributed by atoms with van der Waals surface area (Å²) in [5.41, 5.74) is 0. The van der Waals surface area contributed by atoms with Crippen LogP contribution in [0.15, 0.2) is 0 Å². The van der Waals surface area contributed by atoms with Gasteiger partial charge in [-0.15, -0.1) is 12.4 Å². The Labute approximate surface area is 52.2 Å². The molecule has 1 saturated heterocycles. The summed E-state index contributed by atoms with van der Waals surface area (Å²) in [7, 11) is 0. The van der Waals surface area contributed by atoms with E-state index in [4.69, 9.17) is 0 Å². The zero-order chi connectivity index (χ0) is 3.54. The van der Waals surface area contributed by atoms with Gasteiger partial charge < -0.3 is 0 Å². The number of hydrogen-bond donors (Lipinski definition) is 2. The van der Waals surface area contributed by atoms with Crippen molar-refractivity contribution in [3.05, 3.63) is 0 Å². The second-order valence-electron chi connectivity index (χ2n) is 0.803. The quantitative estimate of drug-likeness (QED) is 0.517. The third kappa shape index (κ3) is 2.12. The molecule has 1 aliphatic rings. The van der Waals surface area contributed by atoms with Crippen LogP contribution >= 0.6 is 12.4 Å². The molecule has 0 radical (unpaired) electrons. The summed E-state index contributed by atoms with van der Waals surface area (Å²) in [5.74, 6) is 0. The third-order valence-electron chi connectivity index (χ3n) is 0.395. The smallest absolute Gasteiger partial charge is 0.147 e. The number of halogens is 1. The fourth-order valence-electron chi connectivity index (χ4n) is 0.198. The van der Waals surface area contributed by atoms with Gasteiger partial charge in [0.15, 0.2) is 0 Å². The summed E-state index contributed by atoms with van der Waals surface area (Å²) in [6.45, 7) is 2.32. The minimum atomic E-state index is 0. The molecule has 2 nitrogen and oxygen atoms in total. The van der Waals surface area contributed by atoms with Gasteiger partial charge in [0, 0.05) is 0 Å². The maximum Gasteiger partial charge on any atom is -0.147 e. The summed E-state index contributed by atoms with van der Waals surface area (Å²) in [5, 5.41) is 0. The largest absolute Gasteiger partial charge is 0.147 e. The van der Waals surface area contributed by atoms with E-state index in [9.17, 15) is 0 Å². The predicted molar refractivity (Wildman–Crippen MR) is 23.3 cm³/mol. The molecule has 4 heteroatoms. The van der Waals surface area contributed by atoms with E-state index in [1.165, 1.54) is 0 Å². The fraction of sp³-hybridized carbons (Fsp3) is 1.00. The molecule has 0 aromatic heterocycles. The minimum Gasteiger partial charge on any atom is -0.147 e. The van der Waals surface area contributed by atoms with Gasteiger partial charge in [-0.05, 0) is 0 Å². The molecule has 0 unspecified atom stereocenters. The van der Waals surface area contributed by atoms with E-state index in [0.717, 1.165) is 13.1 Å². The first-order chi connectivity index (χ1) is 2.50. The Morgan fingerprint density at radius 2 is 1.67 bits per heavy atom. The van der Waals surface area contributed by atoms with Crippen LogP contribution in [0.2, 0.25) is 0 Å². The molecule has 0 aromatic carbocycles. The van der Waals surface area contributed by atoms with Crippen LogP contribution in [0.1, 0.15) is 0 Å². The molecule has 1 heterocycles. The molecule has 0 amide bonds. The van der Waals surface area contributed by atoms with Crippen molar-refractivity contribution in [1.29, 1.82) is 0 Å². The van der Waals surface area contributed by atoms with Gasteiger partial charge in [-0.2, -0.15) is 0 Å². The molecule has 2 N–H and O–H groups in total. The van der Waals surface area contributed by atoms with Crippen LogP contribution in [-0.4, -0.2) is 13.1 Å². The molecule has 0 aliphatic carbocycles. The molecule has 0 spiro atoms. The number of rotatable bonds is 0. The van der Waals surface area contributed by atoms with Gasteiger partial charge in [0.25, 0.3) is 0 Å². The van der Waals surface area contributed by atoms with Crippen molar-refractivity contribution in [2.24, 2.45) is 0 Å². The fourth-order valence-corrected chi connectivity index (χ4v) is 1.17. The van der Waals surface area contributed by atoms with Crippen molar-refractivity contribution in [2.45, 2.75) is 0 Å². The Balaban J connectivity index is 0.000000250. The normalized spacial score (nSPS) is 21.3. The van der Waals surface area contributed by atoms with Gasteiger partial charge >= 0.3 is 39.5 Å². The van der Waals surface area contributed by atoms with E-state index in [2.05, 4.69) is 7.90 Å². The molecule has 42 valence electrons. The molecule has 1 rings (SSSR count). The zero-order valence-electron chi connectivity index (χ0n) is 3.14. The Hall–Kier alpha value is 0.872. The standard InChI is InChI=1S/C2H6N2.ClH.Pd/c3-1-2-4;;/h3-4H,1-2H2;1H;/q-2;;+2. The van der Waals surface area contributed by atoms with Crippen molar-refractivity contribution < 1.29 is 18.5 Å². The average Bonchev–Trinajstić information content (AvgIpc) is 1.76. The van der Waals surface area contributed by atoms with Gasteiger partial charge in [0.1, 0.15) is 0 Å². The monoisotopic (exact) mass is 200 g/mol. The minimum absolute atomic E-state index is 0. The van der Waals surface area contributed by atoms with Crippen molar-refractivity contribution >= 4 is 12.4 Å². The van der Waals surface area contributed by atoms with E-state index in [0.29, 0.717) is 18.5 Å². The van der Waals surface area contributed by atoms with E-state index >= 15 is 0 Å². The predicted octanol–water partition coefficient (Wildman–Crippen LogP) is -0.486. The average molecular weight is 201 g/mol. The Kier molecular flexibility index (Phi) is 4.63. The molecule has 0 saturated carbocycles. The molecule has 1 fully saturated rings. The van der Waals surface area contributed by atoms with Crippen molar-refractivity contribution in [3.8, 4) is 0 Å². The van der Waals surface area contributed by atoms with Gasteiger partial charge in [0.2, 0.25) is 0 Å². The summed E-state index contributed by atoms with van der Waals surface area (Å²) >= 11 is 0.656. The van der Waals surface area contributed by atoms with Crippen LogP contribution in [0.25, 0.3) is 0 Å². The molecule has 0 atom stereocenters. The van der Waals surface area contributed by atoms with Crippen LogP contribution < -0.4 is 7.90 Å². The SMILES string of the molecule is C1C[NH][Pd][NH]1.Cl. The van der Waals surface area contributed by atoms with Crippen molar-refractivity contribution in [2.75, 3.05) is 13.1 Å². The van der Waals surface area contributed by atoms with E-state index < -0.39 is 0 Å². The first-order valence-corrected chi connectivity index (χ1v) is 3.08. The zero-order valence-corrected chi connectivity index (χ0v) is 5.51. The molecule has 0 bridgehead atoms. The maximum atomic E-state index is 3.16. The van der Waals surface area contributed by atoms with Crippen LogP contribution in [0, 0.1) is 0 Å². The summed E-state index contributed by atoms with van der Waals surface area (Å²) < 4.78 is 6.32. The van der Waals surface area contributed by atoms with Crippen molar-refractivity contribution in [1.82, 2.24) is 7.90 Å². The van der Waals surface area contributed by atoms with Gasteiger partial charge in [0.05, 0.1) is 0 Å². The van der Waals surface area contributed by atoms with Crippen LogP contribution in [0.4, 0.5) is 0 Å². The summed E-state index contributed by atoms with van der Waals surface area (Å²) in [6.07, 6.45) is 0.